The van der Waals surface area contributed by atoms with Crippen LogP contribution in [0.3, 0.4) is 0 Å². The highest BCUT2D eigenvalue weighted by Gasteiger charge is 2.42. The van der Waals surface area contributed by atoms with Gasteiger partial charge in [0.1, 0.15) is 5.82 Å². The molecule has 0 saturated heterocycles. The Bertz CT molecular complexity index is 327. The predicted molar refractivity (Wildman–Crippen MR) is 57.9 cm³/mol. The number of methoxy groups -OCH3 is 1. The molecule has 4 nitrogen and oxygen atoms in total. The van der Waals surface area contributed by atoms with Crippen molar-refractivity contribution < 1.29 is 4.74 Å². The predicted octanol–water partition coefficient (Wildman–Crippen LogP) is 2.06. The topological polar surface area (TPSA) is 39.9 Å². The summed E-state index contributed by atoms with van der Waals surface area (Å²) in [5.41, 5.74) is 0.382. The molecule has 0 radical (unpaired) electrons. The first-order valence-electron chi connectivity index (χ1n) is 5.21. The summed E-state index contributed by atoms with van der Waals surface area (Å²) < 4.78 is 7.11. The van der Waals surface area contributed by atoms with E-state index >= 15 is 0 Å². The molecule has 1 fully saturated rings. The molecule has 1 aliphatic carbocycles. The first-order chi connectivity index (χ1) is 7.17. The maximum atomic E-state index is 5.97. The second-order valence-electron chi connectivity index (χ2n) is 4.35. The number of halogens is 1. The van der Waals surface area contributed by atoms with Gasteiger partial charge in [0.15, 0.2) is 0 Å². The lowest BCUT2D eigenvalue weighted by molar-refractivity contribution is 0.166. The van der Waals surface area contributed by atoms with Gasteiger partial charge in [-0.1, -0.05) is 0 Å². The molecule has 0 N–H and O–H groups in total. The Morgan fingerprint density at radius 1 is 1.47 bits per heavy atom. The molecule has 1 aliphatic rings. The number of rotatable bonds is 5. The second-order valence-corrected chi connectivity index (χ2v) is 4.68. The van der Waals surface area contributed by atoms with Gasteiger partial charge in [-0.15, -0.1) is 10.2 Å². The summed E-state index contributed by atoms with van der Waals surface area (Å²) in [6.07, 6.45) is 3.60. The first kappa shape index (κ1) is 10.9. The Morgan fingerprint density at radius 2 is 2.20 bits per heavy atom. The summed E-state index contributed by atoms with van der Waals surface area (Å²) in [4.78, 5) is 0. The minimum atomic E-state index is 0.382. The van der Waals surface area contributed by atoms with E-state index in [9.17, 15) is 0 Å². The number of aryl methyl sites for hydroxylation is 1. The number of aromatic nitrogens is 3. The highest BCUT2D eigenvalue weighted by atomic mass is 35.5. The van der Waals surface area contributed by atoms with E-state index in [1.54, 1.807) is 7.11 Å². The van der Waals surface area contributed by atoms with Gasteiger partial charge >= 0.3 is 0 Å². The lowest BCUT2D eigenvalue weighted by Crippen LogP contribution is -2.15. The van der Waals surface area contributed by atoms with E-state index < -0.39 is 0 Å². The van der Waals surface area contributed by atoms with E-state index in [1.807, 2.05) is 11.5 Å². The summed E-state index contributed by atoms with van der Waals surface area (Å²) >= 11 is 5.97. The van der Waals surface area contributed by atoms with Crippen LogP contribution < -0.4 is 0 Å². The van der Waals surface area contributed by atoms with Gasteiger partial charge < -0.3 is 9.30 Å². The molecule has 0 bridgehead atoms. The monoisotopic (exact) mass is 229 g/mol. The fourth-order valence-electron chi connectivity index (χ4n) is 1.85. The first-order valence-corrected chi connectivity index (χ1v) is 5.59. The second kappa shape index (κ2) is 4.10. The van der Waals surface area contributed by atoms with Crippen molar-refractivity contribution in [3.05, 3.63) is 11.1 Å². The Balaban J connectivity index is 2.02. The van der Waals surface area contributed by atoms with Gasteiger partial charge in [-0.05, 0) is 43.2 Å². The molecule has 0 atom stereocenters. The van der Waals surface area contributed by atoms with Crippen molar-refractivity contribution in [2.75, 3.05) is 13.7 Å². The van der Waals surface area contributed by atoms with E-state index in [4.69, 9.17) is 16.3 Å². The fraction of sp³-hybridized carbons (Fsp3) is 0.800. The van der Waals surface area contributed by atoms with E-state index in [2.05, 4.69) is 10.2 Å². The standard InChI is InChI=1S/C10H16ClN3O/c1-8-12-13-9(11)14(8)7-10(3-4-10)5-6-15-2/h3-7H2,1-2H3. The van der Waals surface area contributed by atoms with E-state index in [1.165, 1.54) is 12.8 Å². The maximum Gasteiger partial charge on any atom is 0.225 e. The normalized spacial score (nSPS) is 18.1. The summed E-state index contributed by atoms with van der Waals surface area (Å²) in [7, 11) is 1.74. The van der Waals surface area contributed by atoms with Crippen LogP contribution in [0, 0.1) is 12.3 Å². The number of nitrogens with zero attached hydrogens (tertiary/aromatic N) is 3. The summed E-state index contributed by atoms with van der Waals surface area (Å²) in [5.74, 6) is 0.892. The van der Waals surface area contributed by atoms with Crippen molar-refractivity contribution in [3.63, 3.8) is 0 Å². The van der Waals surface area contributed by atoms with Crippen molar-refractivity contribution in [2.45, 2.75) is 32.7 Å². The van der Waals surface area contributed by atoms with Crippen LogP contribution in [0.4, 0.5) is 0 Å². The number of hydrogen-bond donors (Lipinski definition) is 0. The zero-order valence-electron chi connectivity index (χ0n) is 9.16. The fourth-order valence-corrected chi connectivity index (χ4v) is 2.07. The third kappa shape index (κ3) is 2.32. The summed E-state index contributed by atoms with van der Waals surface area (Å²) in [6, 6.07) is 0. The van der Waals surface area contributed by atoms with Gasteiger partial charge in [-0.2, -0.15) is 0 Å². The zero-order chi connectivity index (χ0) is 10.9. The quantitative estimate of drug-likeness (QED) is 0.776. The molecule has 0 unspecified atom stereocenters. The van der Waals surface area contributed by atoms with Crippen LogP contribution in [0.5, 0.6) is 0 Å². The number of hydrogen-bond acceptors (Lipinski definition) is 3. The average molecular weight is 230 g/mol. The SMILES string of the molecule is COCCC1(Cn2c(C)nnc2Cl)CC1. The molecular weight excluding hydrogens is 214 g/mol. The van der Waals surface area contributed by atoms with Gasteiger partial charge in [-0.25, -0.2) is 0 Å². The van der Waals surface area contributed by atoms with Crippen LogP contribution in [0.25, 0.3) is 0 Å². The van der Waals surface area contributed by atoms with Gasteiger partial charge in [0.2, 0.25) is 5.28 Å². The van der Waals surface area contributed by atoms with Crippen LogP contribution in [0.2, 0.25) is 5.28 Å². The molecular formula is C10H16ClN3O. The average Bonchev–Trinajstić information content (AvgIpc) is 2.93. The van der Waals surface area contributed by atoms with Crippen molar-refractivity contribution in [1.82, 2.24) is 14.8 Å². The van der Waals surface area contributed by atoms with E-state index in [0.29, 0.717) is 10.7 Å². The van der Waals surface area contributed by atoms with Gasteiger partial charge in [0.05, 0.1) is 0 Å². The molecule has 0 spiro atoms. The van der Waals surface area contributed by atoms with Crippen molar-refractivity contribution >= 4 is 11.6 Å². The lowest BCUT2D eigenvalue weighted by Gasteiger charge is -2.16. The van der Waals surface area contributed by atoms with Crippen LogP contribution in [-0.4, -0.2) is 28.5 Å². The Morgan fingerprint density at radius 3 is 2.67 bits per heavy atom. The third-order valence-corrected chi connectivity index (χ3v) is 3.46. The number of ether oxygens (including phenoxy) is 1. The molecule has 0 aromatic carbocycles. The highest BCUT2D eigenvalue weighted by Crippen LogP contribution is 2.50. The molecule has 84 valence electrons. The van der Waals surface area contributed by atoms with Crippen molar-refractivity contribution in [2.24, 2.45) is 5.41 Å². The molecule has 1 aromatic heterocycles. The zero-order valence-corrected chi connectivity index (χ0v) is 9.92. The molecule has 0 amide bonds. The Hall–Kier alpha value is -0.610. The molecule has 1 heterocycles. The molecule has 1 aromatic rings. The molecule has 15 heavy (non-hydrogen) atoms. The smallest absolute Gasteiger partial charge is 0.225 e. The van der Waals surface area contributed by atoms with Crippen molar-refractivity contribution in [3.8, 4) is 0 Å². The molecule has 1 saturated carbocycles. The van der Waals surface area contributed by atoms with Crippen molar-refractivity contribution in [1.29, 1.82) is 0 Å². The van der Waals surface area contributed by atoms with Gasteiger partial charge in [0, 0.05) is 20.3 Å². The van der Waals surface area contributed by atoms with E-state index in [0.717, 1.165) is 25.4 Å². The largest absolute Gasteiger partial charge is 0.385 e. The third-order valence-electron chi connectivity index (χ3n) is 3.18. The summed E-state index contributed by atoms with van der Waals surface area (Å²) in [5, 5.41) is 8.31. The van der Waals surface area contributed by atoms with Gasteiger partial charge in [0.25, 0.3) is 0 Å². The minimum Gasteiger partial charge on any atom is -0.385 e. The molecule has 2 rings (SSSR count). The Labute approximate surface area is 94.6 Å². The minimum absolute atomic E-state index is 0.382. The van der Waals surface area contributed by atoms with E-state index in [-0.39, 0.29) is 0 Å². The van der Waals surface area contributed by atoms with Crippen LogP contribution in [-0.2, 0) is 11.3 Å². The van der Waals surface area contributed by atoms with Crippen LogP contribution in [0.15, 0.2) is 0 Å². The van der Waals surface area contributed by atoms with Crippen LogP contribution in [0.1, 0.15) is 25.1 Å². The molecule has 0 aliphatic heterocycles. The van der Waals surface area contributed by atoms with Gasteiger partial charge in [-0.3, -0.25) is 0 Å². The Kier molecular flexibility index (Phi) is 2.98. The molecule has 5 heteroatoms. The van der Waals surface area contributed by atoms with Crippen LogP contribution >= 0.6 is 11.6 Å². The maximum absolute atomic E-state index is 5.97. The highest BCUT2D eigenvalue weighted by molar-refractivity contribution is 6.28. The summed E-state index contributed by atoms with van der Waals surface area (Å²) in [6.45, 7) is 3.68. The lowest BCUT2D eigenvalue weighted by atomic mass is 10.0.